The van der Waals surface area contributed by atoms with Crippen molar-refractivity contribution in [2.24, 2.45) is 0 Å². The minimum Gasteiger partial charge on any atom is -0.457 e. The summed E-state index contributed by atoms with van der Waals surface area (Å²) in [5, 5.41) is 0. The van der Waals surface area contributed by atoms with Crippen LogP contribution in [-0.4, -0.2) is 36.9 Å². The summed E-state index contributed by atoms with van der Waals surface area (Å²) in [5.74, 6) is -0.450. The molecule has 132 valence electrons. The summed E-state index contributed by atoms with van der Waals surface area (Å²) in [4.78, 5) is 12.5. The first-order valence-corrected chi connectivity index (χ1v) is 9.60. The SMILES string of the molecule is CCC[C@H]1C=C(C(=O)OC(C)(C)C)CN1S(=O)(=O)c1ccccc1. The monoisotopic (exact) mass is 351 g/mol. The van der Waals surface area contributed by atoms with Crippen LogP contribution < -0.4 is 0 Å². The standard InChI is InChI=1S/C18H25NO4S/c1-5-9-15-12-14(17(20)23-18(2,3)4)13-19(15)24(21,22)16-10-7-6-8-11-16/h6-8,10-12,15H,5,9,13H2,1-4H3/t15-/m0/s1. The second-order valence-electron chi connectivity index (χ2n) is 6.91. The Morgan fingerprint density at radius 2 is 1.88 bits per heavy atom. The van der Waals surface area contributed by atoms with Gasteiger partial charge in [0.2, 0.25) is 10.0 Å². The molecule has 1 atom stereocenters. The van der Waals surface area contributed by atoms with Gasteiger partial charge in [-0.2, -0.15) is 4.31 Å². The summed E-state index contributed by atoms with van der Waals surface area (Å²) in [7, 11) is -3.65. The lowest BCUT2D eigenvalue weighted by Crippen LogP contribution is -2.37. The van der Waals surface area contributed by atoms with Gasteiger partial charge in [-0.05, 0) is 39.3 Å². The molecule has 0 amide bonds. The number of sulfonamides is 1. The van der Waals surface area contributed by atoms with Gasteiger partial charge in [-0.3, -0.25) is 0 Å². The number of hydrogen-bond acceptors (Lipinski definition) is 4. The molecule has 1 aliphatic heterocycles. The maximum absolute atomic E-state index is 12.9. The van der Waals surface area contributed by atoms with Crippen LogP contribution in [0.5, 0.6) is 0 Å². The summed E-state index contributed by atoms with van der Waals surface area (Å²) < 4.78 is 32.6. The van der Waals surface area contributed by atoms with Crippen LogP contribution in [0.25, 0.3) is 0 Å². The van der Waals surface area contributed by atoms with Crippen molar-refractivity contribution in [3.8, 4) is 0 Å². The molecule has 0 N–H and O–H groups in total. The molecule has 1 aromatic rings. The molecule has 0 spiro atoms. The summed E-state index contributed by atoms with van der Waals surface area (Å²) >= 11 is 0. The molecule has 0 unspecified atom stereocenters. The first-order chi connectivity index (χ1) is 11.1. The molecular formula is C18H25NO4S. The Bertz CT molecular complexity index is 717. The van der Waals surface area contributed by atoms with Crippen molar-refractivity contribution in [3.63, 3.8) is 0 Å². The van der Waals surface area contributed by atoms with Crippen LogP contribution in [0.2, 0.25) is 0 Å². The Balaban J connectivity index is 2.28. The average Bonchev–Trinajstić information content (AvgIpc) is 2.92. The number of carbonyl (C=O) groups is 1. The minimum absolute atomic E-state index is 0.0524. The summed E-state index contributed by atoms with van der Waals surface area (Å²) in [6, 6.07) is 7.99. The highest BCUT2D eigenvalue weighted by atomic mass is 32.2. The van der Waals surface area contributed by atoms with Crippen LogP contribution in [0.15, 0.2) is 46.9 Å². The Hall–Kier alpha value is -1.66. The van der Waals surface area contributed by atoms with Gasteiger partial charge in [0.05, 0.1) is 4.90 Å². The lowest BCUT2D eigenvalue weighted by molar-refractivity contribution is -0.149. The number of rotatable bonds is 5. The minimum atomic E-state index is -3.65. The number of hydrogen-bond donors (Lipinski definition) is 0. The van der Waals surface area contributed by atoms with Crippen LogP contribution >= 0.6 is 0 Å². The Labute approximate surface area is 144 Å². The van der Waals surface area contributed by atoms with E-state index in [9.17, 15) is 13.2 Å². The smallest absolute Gasteiger partial charge is 0.335 e. The molecule has 5 nitrogen and oxygen atoms in total. The normalized spacial score (nSPS) is 19.2. The molecule has 1 heterocycles. The van der Waals surface area contributed by atoms with E-state index in [-0.39, 0.29) is 17.5 Å². The van der Waals surface area contributed by atoms with Gasteiger partial charge in [-0.15, -0.1) is 0 Å². The average molecular weight is 351 g/mol. The largest absolute Gasteiger partial charge is 0.457 e. The molecule has 0 bridgehead atoms. The van der Waals surface area contributed by atoms with Gasteiger partial charge in [0.1, 0.15) is 5.60 Å². The van der Waals surface area contributed by atoms with Crippen molar-refractivity contribution in [2.45, 2.75) is 57.1 Å². The van der Waals surface area contributed by atoms with Crippen molar-refractivity contribution in [1.82, 2.24) is 4.31 Å². The van der Waals surface area contributed by atoms with Gasteiger partial charge >= 0.3 is 5.97 Å². The lowest BCUT2D eigenvalue weighted by atomic mass is 10.1. The van der Waals surface area contributed by atoms with E-state index in [0.717, 1.165) is 6.42 Å². The molecular weight excluding hydrogens is 326 g/mol. The van der Waals surface area contributed by atoms with Crippen molar-refractivity contribution >= 4 is 16.0 Å². The van der Waals surface area contributed by atoms with Crippen molar-refractivity contribution in [2.75, 3.05) is 6.54 Å². The molecule has 1 aromatic carbocycles. The molecule has 0 radical (unpaired) electrons. The van der Waals surface area contributed by atoms with Gasteiger partial charge in [-0.1, -0.05) is 37.6 Å². The van der Waals surface area contributed by atoms with Crippen molar-refractivity contribution < 1.29 is 17.9 Å². The first-order valence-electron chi connectivity index (χ1n) is 8.16. The highest BCUT2D eigenvalue weighted by Crippen LogP contribution is 2.29. The van der Waals surface area contributed by atoms with E-state index in [1.807, 2.05) is 6.92 Å². The third kappa shape index (κ3) is 4.24. The number of ether oxygens (including phenoxy) is 1. The lowest BCUT2D eigenvalue weighted by Gasteiger charge is -2.24. The fourth-order valence-electron chi connectivity index (χ4n) is 2.64. The number of esters is 1. The van der Waals surface area contributed by atoms with E-state index in [0.29, 0.717) is 12.0 Å². The molecule has 24 heavy (non-hydrogen) atoms. The van der Waals surface area contributed by atoms with Gasteiger partial charge in [0.15, 0.2) is 0 Å². The summed E-state index contributed by atoms with van der Waals surface area (Å²) in [6.45, 7) is 7.43. The van der Waals surface area contributed by atoms with E-state index in [4.69, 9.17) is 4.74 Å². The topological polar surface area (TPSA) is 63.7 Å². The van der Waals surface area contributed by atoms with E-state index in [2.05, 4.69) is 0 Å². The predicted octanol–water partition coefficient (Wildman–Crippen LogP) is 3.13. The highest BCUT2D eigenvalue weighted by molar-refractivity contribution is 7.89. The van der Waals surface area contributed by atoms with E-state index in [1.165, 1.54) is 4.31 Å². The molecule has 0 fully saturated rings. The maximum atomic E-state index is 12.9. The molecule has 2 rings (SSSR count). The van der Waals surface area contributed by atoms with Gasteiger partial charge < -0.3 is 4.74 Å². The summed E-state index contributed by atoms with van der Waals surface area (Å²) in [5.41, 5.74) is -0.202. The van der Waals surface area contributed by atoms with Crippen LogP contribution in [0.1, 0.15) is 40.5 Å². The number of carbonyl (C=O) groups excluding carboxylic acids is 1. The zero-order valence-electron chi connectivity index (χ0n) is 14.7. The molecule has 6 heteroatoms. The van der Waals surface area contributed by atoms with Crippen LogP contribution in [0.3, 0.4) is 0 Å². The molecule has 0 aliphatic carbocycles. The Morgan fingerprint density at radius 3 is 2.42 bits per heavy atom. The Morgan fingerprint density at radius 1 is 1.25 bits per heavy atom. The van der Waals surface area contributed by atoms with Crippen LogP contribution in [-0.2, 0) is 19.6 Å². The fraction of sp³-hybridized carbons (Fsp3) is 0.500. The van der Waals surface area contributed by atoms with E-state index >= 15 is 0 Å². The van der Waals surface area contributed by atoms with Crippen molar-refractivity contribution in [3.05, 3.63) is 42.0 Å². The van der Waals surface area contributed by atoms with Crippen LogP contribution in [0.4, 0.5) is 0 Å². The third-order valence-corrected chi connectivity index (χ3v) is 5.57. The van der Waals surface area contributed by atoms with Gasteiger partial charge in [0.25, 0.3) is 0 Å². The van der Waals surface area contributed by atoms with Crippen molar-refractivity contribution in [1.29, 1.82) is 0 Å². The quantitative estimate of drug-likeness (QED) is 0.765. The van der Waals surface area contributed by atoms with E-state index < -0.39 is 21.6 Å². The Kier molecular flexibility index (Phi) is 5.50. The molecule has 1 aliphatic rings. The molecule has 0 saturated carbocycles. The maximum Gasteiger partial charge on any atom is 0.335 e. The number of benzene rings is 1. The fourth-order valence-corrected chi connectivity index (χ4v) is 4.25. The number of nitrogens with zero attached hydrogens (tertiary/aromatic N) is 1. The molecule has 0 saturated heterocycles. The summed E-state index contributed by atoms with van der Waals surface area (Å²) in [6.07, 6.45) is 3.22. The predicted molar refractivity (Wildman–Crippen MR) is 93.0 cm³/mol. The second kappa shape index (κ2) is 7.07. The van der Waals surface area contributed by atoms with Gasteiger partial charge in [-0.25, -0.2) is 13.2 Å². The van der Waals surface area contributed by atoms with Gasteiger partial charge in [0, 0.05) is 18.2 Å². The zero-order valence-corrected chi connectivity index (χ0v) is 15.5. The van der Waals surface area contributed by atoms with Crippen LogP contribution in [0, 0.1) is 0 Å². The third-order valence-electron chi connectivity index (χ3n) is 3.68. The molecule has 0 aromatic heterocycles. The first kappa shape index (κ1) is 18.7. The zero-order chi connectivity index (χ0) is 18.0. The van der Waals surface area contributed by atoms with E-state index in [1.54, 1.807) is 57.2 Å². The highest BCUT2D eigenvalue weighted by Gasteiger charge is 2.37. The second-order valence-corrected chi connectivity index (χ2v) is 8.80.